The lowest BCUT2D eigenvalue weighted by Gasteiger charge is -2.13. The Balaban J connectivity index is 2.04. The van der Waals surface area contributed by atoms with E-state index in [0.717, 1.165) is 11.1 Å². The van der Waals surface area contributed by atoms with Gasteiger partial charge >= 0.3 is 5.97 Å². The van der Waals surface area contributed by atoms with Gasteiger partial charge in [-0.15, -0.1) is 0 Å². The van der Waals surface area contributed by atoms with Crippen molar-refractivity contribution >= 4 is 11.7 Å². The van der Waals surface area contributed by atoms with Crippen LogP contribution in [0.3, 0.4) is 0 Å². The van der Waals surface area contributed by atoms with Crippen molar-refractivity contribution in [3.63, 3.8) is 0 Å². The lowest BCUT2D eigenvalue weighted by Crippen LogP contribution is -2.16. The van der Waals surface area contributed by atoms with Gasteiger partial charge in [0.1, 0.15) is 11.3 Å². The number of hydrogen-bond acceptors (Lipinski definition) is 6. The Labute approximate surface area is 176 Å². The van der Waals surface area contributed by atoms with Crippen molar-refractivity contribution in [2.24, 2.45) is 0 Å². The first kappa shape index (κ1) is 20.0. The first-order valence-electron chi connectivity index (χ1n) is 9.36. The molecule has 2 heterocycles. The van der Waals surface area contributed by atoms with E-state index in [4.69, 9.17) is 4.74 Å². The number of para-hydroxylation sites is 1. The second kappa shape index (κ2) is 7.52. The smallest absolute Gasteiger partial charge is 0.341 e. The van der Waals surface area contributed by atoms with E-state index in [1.165, 1.54) is 40.9 Å². The van der Waals surface area contributed by atoms with Gasteiger partial charge in [0, 0.05) is 24.5 Å². The predicted molar refractivity (Wildman–Crippen MR) is 113 cm³/mol. The minimum Gasteiger partial charge on any atom is -0.465 e. The Kier molecular flexibility index (Phi) is 4.86. The summed E-state index contributed by atoms with van der Waals surface area (Å²) in [6, 6.07) is 11.7. The molecule has 2 aliphatic heterocycles. The van der Waals surface area contributed by atoms with Gasteiger partial charge in [-0.1, -0.05) is 24.3 Å². The maximum absolute atomic E-state index is 13.2. The fourth-order valence-corrected chi connectivity index (χ4v) is 3.46. The van der Waals surface area contributed by atoms with Gasteiger partial charge in [-0.3, -0.25) is 14.9 Å². The topological polar surface area (TPSA) is 109 Å². The zero-order chi connectivity index (χ0) is 22.3. The van der Waals surface area contributed by atoms with E-state index in [9.17, 15) is 19.7 Å². The van der Waals surface area contributed by atoms with Gasteiger partial charge < -0.3 is 9.30 Å². The molecule has 31 heavy (non-hydrogen) atoms. The van der Waals surface area contributed by atoms with Crippen molar-refractivity contribution in [1.29, 1.82) is 0 Å². The summed E-state index contributed by atoms with van der Waals surface area (Å²) in [6.45, 7) is 3.64. The number of pyridine rings is 1. The molecule has 2 aliphatic rings. The molecule has 2 aromatic carbocycles. The molecular weight excluding hydrogens is 400 g/mol. The minimum atomic E-state index is -0.670. The van der Waals surface area contributed by atoms with Gasteiger partial charge in [0.2, 0.25) is 0 Å². The highest BCUT2D eigenvalue weighted by Gasteiger charge is 2.26. The molecule has 9 heteroatoms. The minimum absolute atomic E-state index is 0.0790. The molecular formula is C22H18N4O5. The second-order valence-electron chi connectivity index (χ2n) is 7.06. The fourth-order valence-electron chi connectivity index (χ4n) is 3.46. The summed E-state index contributed by atoms with van der Waals surface area (Å²) >= 11 is 0. The van der Waals surface area contributed by atoms with Gasteiger partial charge in [0.25, 0.3) is 11.2 Å². The highest BCUT2D eigenvalue weighted by atomic mass is 16.6. The molecule has 0 spiro atoms. The third kappa shape index (κ3) is 3.35. The number of benzene rings is 2. The van der Waals surface area contributed by atoms with Crippen LogP contribution < -0.4 is 5.56 Å². The molecule has 0 atom stereocenters. The Hall–Kier alpha value is -4.27. The number of nitro groups is 1. The number of nitro benzene ring substituents is 1. The number of rotatable bonds is 4. The maximum Gasteiger partial charge on any atom is 0.341 e. The predicted octanol–water partition coefficient (Wildman–Crippen LogP) is 3.44. The number of non-ortho nitro benzene ring substituents is 1. The van der Waals surface area contributed by atoms with Crippen LogP contribution in [0.15, 0.2) is 59.7 Å². The zero-order valence-electron chi connectivity index (χ0n) is 17.0. The summed E-state index contributed by atoms with van der Waals surface area (Å²) < 4.78 is 7.66. The number of fused-ring (bicyclic) bond motifs is 1. The van der Waals surface area contributed by atoms with Crippen molar-refractivity contribution in [2.75, 3.05) is 7.11 Å². The van der Waals surface area contributed by atoms with Crippen molar-refractivity contribution in [1.82, 2.24) is 14.3 Å². The standard InChI is InChI=1S/C22H18N4O5/c1-13-6-4-5-7-18(13)25-21(27)16-11-24(12-17(20(16)23-25)22(28)31-3)19-10-15(26(29)30)9-8-14(19)2/h4-12H,1-3H3. The Morgan fingerprint density at radius 3 is 2.45 bits per heavy atom. The number of aryl methyl sites for hydroxylation is 2. The SMILES string of the molecule is COC(=O)c1cn(-c2cc([N+](=O)[O-])ccc2C)cc2c(=O)n(-c3ccccc3C)nc1-2. The molecule has 0 N–H and O–H groups in total. The molecule has 0 saturated carbocycles. The number of methoxy groups -OCH3 is 1. The molecule has 0 bridgehead atoms. The van der Waals surface area contributed by atoms with Crippen molar-refractivity contribution in [3.05, 3.63) is 92.0 Å². The van der Waals surface area contributed by atoms with Crippen LogP contribution in [0.4, 0.5) is 5.69 Å². The summed E-state index contributed by atoms with van der Waals surface area (Å²) in [7, 11) is 1.24. The van der Waals surface area contributed by atoms with E-state index in [1.54, 1.807) is 25.1 Å². The highest BCUT2D eigenvalue weighted by Crippen LogP contribution is 2.28. The van der Waals surface area contributed by atoms with Crippen LogP contribution in [-0.4, -0.2) is 32.3 Å². The maximum atomic E-state index is 13.2. The van der Waals surface area contributed by atoms with E-state index < -0.39 is 16.5 Å². The van der Waals surface area contributed by atoms with Gasteiger partial charge in [-0.05, 0) is 31.0 Å². The lowest BCUT2D eigenvalue weighted by atomic mass is 10.1. The van der Waals surface area contributed by atoms with Crippen LogP contribution >= 0.6 is 0 Å². The Morgan fingerprint density at radius 2 is 1.77 bits per heavy atom. The molecule has 0 amide bonds. The van der Waals surface area contributed by atoms with Crippen molar-refractivity contribution in [3.8, 4) is 22.6 Å². The first-order chi connectivity index (χ1) is 14.8. The van der Waals surface area contributed by atoms with Gasteiger partial charge in [-0.25, -0.2) is 4.79 Å². The van der Waals surface area contributed by atoms with Crippen molar-refractivity contribution < 1.29 is 14.5 Å². The summed E-state index contributed by atoms with van der Waals surface area (Å²) in [4.78, 5) is 36.4. The third-order valence-electron chi connectivity index (χ3n) is 5.10. The number of carbonyl (C=O) groups is 1. The number of ether oxygens (including phenoxy) is 1. The Bertz CT molecular complexity index is 1370. The summed E-state index contributed by atoms with van der Waals surface area (Å²) in [6.07, 6.45) is 2.99. The normalized spacial score (nSPS) is 10.9. The van der Waals surface area contributed by atoms with E-state index in [2.05, 4.69) is 5.10 Å². The number of esters is 1. The third-order valence-corrected chi connectivity index (χ3v) is 5.10. The number of nitrogens with zero attached hydrogens (tertiary/aromatic N) is 4. The summed E-state index contributed by atoms with van der Waals surface area (Å²) in [5.41, 5.74) is 2.57. The van der Waals surface area contributed by atoms with E-state index in [0.29, 0.717) is 11.4 Å². The highest BCUT2D eigenvalue weighted by molar-refractivity contribution is 5.96. The molecule has 0 aliphatic carbocycles. The van der Waals surface area contributed by atoms with Crippen LogP contribution in [0.1, 0.15) is 21.5 Å². The van der Waals surface area contributed by atoms with Crippen molar-refractivity contribution in [2.45, 2.75) is 13.8 Å². The number of aromatic nitrogens is 3. The van der Waals surface area contributed by atoms with E-state index in [-0.39, 0.29) is 22.5 Å². The fraction of sp³-hybridized carbons (Fsp3) is 0.136. The number of carbonyl (C=O) groups excluding carboxylic acids is 1. The molecule has 0 fully saturated rings. The first-order valence-corrected chi connectivity index (χ1v) is 9.36. The van der Waals surface area contributed by atoms with Gasteiger partial charge in [0.05, 0.1) is 29.0 Å². The molecule has 2 aromatic rings. The molecule has 0 aromatic heterocycles. The van der Waals surface area contributed by atoms with Gasteiger partial charge in [-0.2, -0.15) is 9.78 Å². The van der Waals surface area contributed by atoms with Crippen LogP contribution in [0.5, 0.6) is 0 Å². The zero-order valence-corrected chi connectivity index (χ0v) is 17.0. The van der Waals surface area contributed by atoms with E-state index in [1.807, 2.05) is 19.1 Å². The molecule has 156 valence electrons. The second-order valence-corrected chi connectivity index (χ2v) is 7.06. The van der Waals surface area contributed by atoms with Crippen LogP contribution in [0, 0.1) is 24.0 Å². The quantitative estimate of drug-likeness (QED) is 0.285. The average Bonchev–Trinajstić information content (AvgIpc) is 3.09. The molecule has 0 saturated heterocycles. The summed E-state index contributed by atoms with van der Waals surface area (Å²) in [5, 5.41) is 15.6. The van der Waals surface area contributed by atoms with Crippen LogP contribution in [0.2, 0.25) is 0 Å². The summed E-state index contributed by atoms with van der Waals surface area (Å²) in [5.74, 6) is -0.670. The molecule has 0 unspecified atom stereocenters. The van der Waals surface area contributed by atoms with Crippen LogP contribution in [0.25, 0.3) is 22.6 Å². The largest absolute Gasteiger partial charge is 0.465 e. The van der Waals surface area contributed by atoms with Gasteiger partial charge in [0.15, 0.2) is 0 Å². The number of hydrogen-bond donors (Lipinski definition) is 0. The van der Waals surface area contributed by atoms with Crippen LogP contribution in [-0.2, 0) is 4.74 Å². The molecule has 4 rings (SSSR count). The molecule has 9 nitrogen and oxygen atoms in total. The van der Waals surface area contributed by atoms with E-state index >= 15 is 0 Å². The average molecular weight is 418 g/mol. The monoisotopic (exact) mass is 418 g/mol. The Morgan fingerprint density at radius 1 is 1.06 bits per heavy atom. The molecule has 0 radical (unpaired) electrons. The lowest BCUT2D eigenvalue weighted by molar-refractivity contribution is -0.384.